The third kappa shape index (κ3) is 4.62. The van der Waals surface area contributed by atoms with E-state index < -0.39 is 0 Å². The molecule has 1 fully saturated rings. The van der Waals surface area contributed by atoms with E-state index in [0.717, 1.165) is 44.4 Å². The monoisotopic (exact) mass is 426 g/mol. The summed E-state index contributed by atoms with van der Waals surface area (Å²) in [6.07, 6.45) is 6.64. The van der Waals surface area contributed by atoms with E-state index in [2.05, 4.69) is 52.3 Å². The largest absolute Gasteiger partial charge is 0.370 e. The maximum absolute atomic E-state index is 6.11. The number of hydrogen-bond acceptors (Lipinski definition) is 1. The molecule has 2 heterocycles. The first kappa shape index (κ1) is 18.1. The zero-order valence-electron chi connectivity index (χ0n) is 13.8. The van der Waals surface area contributed by atoms with Crippen molar-refractivity contribution < 1.29 is 0 Å². The van der Waals surface area contributed by atoms with Gasteiger partial charge in [-0.3, -0.25) is 4.99 Å². The standard InChI is InChI=1S/C18H26N4.HI/c1-14-8-11-22(12-9-14)18(19)20-10-4-5-15-13-21-17-7-3-2-6-16(15)17;/h2-3,6-7,13-14,21H,4-5,8-12H2,1H3,(H2,19,20);1H. The molecule has 1 aromatic heterocycles. The molecule has 3 N–H and O–H groups in total. The summed E-state index contributed by atoms with van der Waals surface area (Å²) in [6, 6.07) is 8.44. The second-order valence-corrected chi connectivity index (χ2v) is 6.37. The Hall–Kier alpha value is -1.24. The first-order valence-electron chi connectivity index (χ1n) is 8.34. The third-order valence-electron chi connectivity index (χ3n) is 4.66. The van der Waals surface area contributed by atoms with Gasteiger partial charge in [-0.25, -0.2) is 0 Å². The molecule has 1 aromatic carbocycles. The number of aliphatic imine (C=N–C) groups is 1. The fourth-order valence-electron chi connectivity index (χ4n) is 3.14. The summed E-state index contributed by atoms with van der Waals surface area (Å²) >= 11 is 0. The maximum Gasteiger partial charge on any atom is 0.191 e. The molecule has 0 radical (unpaired) electrons. The molecule has 0 amide bonds. The smallest absolute Gasteiger partial charge is 0.191 e. The SMILES string of the molecule is CC1CCN(C(N)=NCCCc2c[nH]c3ccccc23)CC1.I. The molecule has 0 unspecified atom stereocenters. The number of nitrogens with zero attached hydrogens (tertiary/aromatic N) is 2. The highest BCUT2D eigenvalue weighted by Gasteiger charge is 2.16. The molecule has 5 heteroatoms. The molecular formula is C18H27IN4. The lowest BCUT2D eigenvalue weighted by molar-refractivity contribution is 0.277. The highest BCUT2D eigenvalue weighted by atomic mass is 127. The van der Waals surface area contributed by atoms with Crippen LogP contribution < -0.4 is 5.73 Å². The molecule has 0 aliphatic carbocycles. The van der Waals surface area contributed by atoms with E-state index in [1.54, 1.807) is 0 Å². The van der Waals surface area contributed by atoms with Gasteiger partial charge in [0.2, 0.25) is 0 Å². The fraction of sp³-hybridized carbons (Fsp3) is 0.500. The lowest BCUT2D eigenvalue weighted by atomic mass is 10.00. The summed E-state index contributed by atoms with van der Waals surface area (Å²) < 4.78 is 0. The van der Waals surface area contributed by atoms with Crippen molar-refractivity contribution in [1.82, 2.24) is 9.88 Å². The van der Waals surface area contributed by atoms with Crippen LogP contribution in [-0.4, -0.2) is 35.5 Å². The van der Waals surface area contributed by atoms with Crippen LogP contribution in [0.25, 0.3) is 10.9 Å². The Morgan fingerprint density at radius 1 is 1.30 bits per heavy atom. The van der Waals surface area contributed by atoms with Gasteiger partial charge < -0.3 is 15.6 Å². The van der Waals surface area contributed by atoms with Gasteiger partial charge in [0, 0.05) is 36.7 Å². The average Bonchev–Trinajstić information content (AvgIpc) is 2.95. The van der Waals surface area contributed by atoms with E-state index in [0.29, 0.717) is 0 Å². The Morgan fingerprint density at radius 3 is 2.83 bits per heavy atom. The predicted octanol–water partition coefficient (Wildman–Crippen LogP) is 3.77. The van der Waals surface area contributed by atoms with Crippen molar-refractivity contribution in [3.8, 4) is 0 Å². The molecule has 0 bridgehead atoms. The zero-order chi connectivity index (χ0) is 15.4. The minimum atomic E-state index is 0. The second-order valence-electron chi connectivity index (χ2n) is 6.37. The average molecular weight is 426 g/mol. The van der Waals surface area contributed by atoms with Crippen LogP contribution in [0.1, 0.15) is 31.7 Å². The molecule has 1 saturated heterocycles. The maximum atomic E-state index is 6.11. The van der Waals surface area contributed by atoms with Gasteiger partial charge in [-0.15, -0.1) is 24.0 Å². The van der Waals surface area contributed by atoms with Crippen LogP contribution in [0.15, 0.2) is 35.5 Å². The second kappa shape index (κ2) is 8.57. The van der Waals surface area contributed by atoms with Crippen molar-refractivity contribution in [2.24, 2.45) is 16.6 Å². The molecule has 1 aliphatic heterocycles. The van der Waals surface area contributed by atoms with Gasteiger partial charge in [0.05, 0.1) is 0 Å². The summed E-state index contributed by atoms with van der Waals surface area (Å²) in [6.45, 7) is 5.22. The molecule has 2 aromatic rings. The summed E-state index contributed by atoms with van der Waals surface area (Å²) in [5.74, 6) is 1.55. The first-order chi connectivity index (χ1) is 10.7. The Labute approximate surface area is 155 Å². The topological polar surface area (TPSA) is 57.4 Å². The lowest BCUT2D eigenvalue weighted by Gasteiger charge is -2.31. The number of benzene rings is 1. The van der Waals surface area contributed by atoms with Crippen LogP contribution in [-0.2, 0) is 6.42 Å². The van der Waals surface area contributed by atoms with Gasteiger partial charge in [0.1, 0.15) is 0 Å². The molecule has 126 valence electrons. The van der Waals surface area contributed by atoms with Crippen molar-refractivity contribution in [2.45, 2.75) is 32.6 Å². The highest BCUT2D eigenvalue weighted by Crippen LogP contribution is 2.19. The molecule has 23 heavy (non-hydrogen) atoms. The Balaban J connectivity index is 0.00000192. The van der Waals surface area contributed by atoms with Gasteiger partial charge in [0.25, 0.3) is 0 Å². The number of aromatic nitrogens is 1. The van der Waals surface area contributed by atoms with Crippen LogP contribution in [0, 0.1) is 5.92 Å². The molecule has 4 nitrogen and oxygen atoms in total. The van der Waals surface area contributed by atoms with E-state index >= 15 is 0 Å². The number of piperidine rings is 1. The minimum absolute atomic E-state index is 0. The number of guanidine groups is 1. The van der Waals surface area contributed by atoms with Crippen LogP contribution in [0.4, 0.5) is 0 Å². The van der Waals surface area contributed by atoms with Crippen LogP contribution in [0.2, 0.25) is 0 Å². The highest BCUT2D eigenvalue weighted by molar-refractivity contribution is 14.0. The number of aromatic amines is 1. The number of fused-ring (bicyclic) bond motifs is 1. The minimum Gasteiger partial charge on any atom is -0.370 e. The van der Waals surface area contributed by atoms with Crippen molar-refractivity contribution in [1.29, 1.82) is 0 Å². The number of hydrogen-bond donors (Lipinski definition) is 2. The molecular weight excluding hydrogens is 399 g/mol. The number of nitrogens with one attached hydrogen (secondary N) is 1. The number of likely N-dealkylation sites (tertiary alicyclic amines) is 1. The Bertz CT molecular complexity index is 641. The number of nitrogens with two attached hydrogens (primary N) is 1. The van der Waals surface area contributed by atoms with Crippen molar-refractivity contribution >= 4 is 40.8 Å². The summed E-state index contributed by atoms with van der Waals surface area (Å²) in [7, 11) is 0. The Morgan fingerprint density at radius 2 is 2.04 bits per heavy atom. The van der Waals surface area contributed by atoms with Gasteiger partial charge in [-0.1, -0.05) is 25.1 Å². The summed E-state index contributed by atoms with van der Waals surface area (Å²) in [5.41, 5.74) is 8.70. The molecule has 3 rings (SSSR count). The number of aryl methyl sites for hydroxylation is 1. The lowest BCUT2D eigenvalue weighted by Crippen LogP contribution is -2.42. The van der Waals surface area contributed by atoms with E-state index in [4.69, 9.17) is 5.73 Å². The van der Waals surface area contributed by atoms with Gasteiger partial charge in [-0.05, 0) is 43.2 Å². The summed E-state index contributed by atoms with van der Waals surface area (Å²) in [4.78, 5) is 10.1. The van der Waals surface area contributed by atoms with Gasteiger partial charge >= 0.3 is 0 Å². The first-order valence-corrected chi connectivity index (χ1v) is 8.34. The molecule has 1 aliphatic rings. The van der Waals surface area contributed by atoms with Crippen molar-refractivity contribution in [3.05, 3.63) is 36.0 Å². The van der Waals surface area contributed by atoms with Crippen LogP contribution >= 0.6 is 24.0 Å². The number of halogens is 1. The predicted molar refractivity (Wildman–Crippen MR) is 108 cm³/mol. The van der Waals surface area contributed by atoms with Crippen LogP contribution in [0.5, 0.6) is 0 Å². The number of H-pyrrole nitrogens is 1. The van der Waals surface area contributed by atoms with Gasteiger partial charge in [0.15, 0.2) is 5.96 Å². The van der Waals surface area contributed by atoms with E-state index in [9.17, 15) is 0 Å². The normalized spacial score (nSPS) is 16.6. The van der Waals surface area contributed by atoms with Crippen LogP contribution in [0.3, 0.4) is 0 Å². The van der Waals surface area contributed by atoms with E-state index in [1.165, 1.54) is 29.3 Å². The molecule has 0 saturated carbocycles. The molecule has 0 atom stereocenters. The quantitative estimate of drug-likeness (QED) is 0.339. The van der Waals surface area contributed by atoms with E-state index in [1.807, 2.05) is 0 Å². The Kier molecular flexibility index (Phi) is 6.74. The fourth-order valence-corrected chi connectivity index (χ4v) is 3.14. The third-order valence-corrected chi connectivity index (χ3v) is 4.66. The van der Waals surface area contributed by atoms with Gasteiger partial charge in [-0.2, -0.15) is 0 Å². The summed E-state index contributed by atoms with van der Waals surface area (Å²) in [5, 5.41) is 1.32. The van der Waals surface area contributed by atoms with Crippen molar-refractivity contribution in [2.75, 3.05) is 19.6 Å². The zero-order valence-corrected chi connectivity index (χ0v) is 16.1. The molecule has 0 spiro atoms. The number of para-hydroxylation sites is 1. The van der Waals surface area contributed by atoms with Crippen molar-refractivity contribution in [3.63, 3.8) is 0 Å². The van der Waals surface area contributed by atoms with E-state index in [-0.39, 0.29) is 24.0 Å². The number of rotatable bonds is 4.